The average molecular weight is 198 g/mol. The summed E-state index contributed by atoms with van der Waals surface area (Å²) in [7, 11) is 0. The Balaban J connectivity index is 3.56. The Morgan fingerprint density at radius 1 is 0.714 bits per heavy atom. The molecule has 0 spiro atoms. The number of hydrogen-bond donors (Lipinski definition) is 0. The molecule has 0 saturated carbocycles. The standard InChI is InChI=1S/C12H22O2/c1-11(2,3)13-9-7-8-10-14-12(4,5)6/h9-10H2,1-6H3. The maximum Gasteiger partial charge on any atom is 0.108 e. The van der Waals surface area contributed by atoms with Gasteiger partial charge in [-0.3, -0.25) is 0 Å². The van der Waals surface area contributed by atoms with Crippen LogP contribution in [0.1, 0.15) is 41.5 Å². The highest BCUT2D eigenvalue weighted by molar-refractivity contribution is 5.00. The fourth-order valence-electron chi connectivity index (χ4n) is 0.607. The Hall–Kier alpha value is -0.520. The van der Waals surface area contributed by atoms with Crippen LogP contribution in [0.2, 0.25) is 0 Å². The largest absolute Gasteiger partial charge is 0.363 e. The summed E-state index contributed by atoms with van der Waals surface area (Å²) < 4.78 is 10.9. The molecule has 2 nitrogen and oxygen atoms in total. The van der Waals surface area contributed by atoms with Gasteiger partial charge in [0, 0.05) is 0 Å². The zero-order chi connectivity index (χ0) is 11.2. The highest BCUT2D eigenvalue weighted by Gasteiger charge is 2.08. The monoisotopic (exact) mass is 198 g/mol. The SMILES string of the molecule is CC(C)(C)OCC#CCOC(C)(C)C. The third kappa shape index (κ3) is 11.5. The minimum atomic E-state index is -0.112. The first-order chi connectivity index (χ1) is 6.21. The van der Waals surface area contributed by atoms with Crippen LogP contribution in [0, 0.1) is 11.8 Å². The van der Waals surface area contributed by atoms with E-state index >= 15 is 0 Å². The zero-order valence-corrected chi connectivity index (χ0v) is 10.2. The molecule has 0 fully saturated rings. The fourth-order valence-corrected chi connectivity index (χ4v) is 0.607. The zero-order valence-electron chi connectivity index (χ0n) is 10.2. The molecular weight excluding hydrogens is 176 g/mol. The molecule has 0 unspecified atom stereocenters. The maximum atomic E-state index is 5.43. The van der Waals surface area contributed by atoms with E-state index in [0.717, 1.165) is 0 Å². The van der Waals surface area contributed by atoms with Crippen molar-refractivity contribution >= 4 is 0 Å². The van der Waals surface area contributed by atoms with Crippen molar-refractivity contribution in [3.8, 4) is 11.8 Å². The van der Waals surface area contributed by atoms with Crippen molar-refractivity contribution < 1.29 is 9.47 Å². The molecule has 0 atom stereocenters. The summed E-state index contributed by atoms with van der Waals surface area (Å²) >= 11 is 0. The van der Waals surface area contributed by atoms with Crippen molar-refractivity contribution in [2.75, 3.05) is 13.2 Å². The topological polar surface area (TPSA) is 18.5 Å². The molecule has 0 rings (SSSR count). The third-order valence-corrected chi connectivity index (χ3v) is 1.28. The molecule has 0 heterocycles. The smallest absolute Gasteiger partial charge is 0.108 e. The van der Waals surface area contributed by atoms with Gasteiger partial charge in [0.05, 0.1) is 11.2 Å². The van der Waals surface area contributed by atoms with E-state index in [0.29, 0.717) is 13.2 Å². The van der Waals surface area contributed by atoms with E-state index < -0.39 is 0 Å². The molecule has 0 aliphatic carbocycles. The molecule has 0 aromatic rings. The van der Waals surface area contributed by atoms with Crippen molar-refractivity contribution in [2.45, 2.75) is 52.7 Å². The van der Waals surface area contributed by atoms with Gasteiger partial charge in [0.25, 0.3) is 0 Å². The Kier molecular flexibility index (Phi) is 5.18. The van der Waals surface area contributed by atoms with Crippen LogP contribution in [0.4, 0.5) is 0 Å². The van der Waals surface area contributed by atoms with Crippen LogP contribution in [0.15, 0.2) is 0 Å². The first-order valence-corrected chi connectivity index (χ1v) is 4.94. The van der Waals surface area contributed by atoms with E-state index in [9.17, 15) is 0 Å². The number of rotatable bonds is 2. The van der Waals surface area contributed by atoms with E-state index in [4.69, 9.17) is 9.47 Å². The summed E-state index contributed by atoms with van der Waals surface area (Å²) in [6.07, 6.45) is 0. The van der Waals surface area contributed by atoms with Gasteiger partial charge in [0.15, 0.2) is 0 Å². The van der Waals surface area contributed by atoms with Crippen molar-refractivity contribution in [1.82, 2.24) is 0 Å². The Bertz CT molecular complexity index is 185. The minimum Gasteiger partial charge on any atom is -0.363 e. The summed E-state index contributed by atoms with van der Waals surface area (Å²) in [6.45, 7) is 13.0. The molecule has 82 valence electrons. The molecule has 0 radical (unpaired) electrons. The minimum absolute atomic E-state index is 0.112. The van der Waals surface area contributed by atoms with Gasteiger partial charge >= 0.3 is 0 Å². The summed E-state index contributed by atoms with van der Waals surface area (Å²) in [5, 5.41) is 0. The first kappa shape index (κ1) is 13.5. The van der Waals surface area contributed by atoms with Gasteiger partial charge in [0.1, 0.15) is 13.2 Å². The fraction of sp³-hybridized carbons (Fsp3) is 0.833. The van der Waals surface area contributed by atoms with E-state index in [-0.39, 0.29) is 11.2 Å². The van der Waals surface area contributed by atoms with Gasteiger partial charge in [-0.05, 0) is 41.5 Å². The van der Waals surface area contributed by atoms with Crippen LogP contribution in [0.5, 0.6) is 0 Å². The summed E-state index contributed by atoms with van der Waals surface area (Å²) in [5.41, 5.74) is -0.223. The molecule has 0 aromatic carbocycles. The van der Waals surface area contributed by atoms with Crippen LogP contribution in [0.3, 0.4) is 0 Å². The Labute approximate surface area is 88.0 Å². The van der Waals surface area contributed by atoms with Crippen molar-refractivity contribution in [2.24, 2.45) is 0 Å². The van der Waals surface area contributed by atoms with Crippen LogP contribution < -0.4 is 0 Å². The van der Waals surface area contributed by atoms with Gasteiger partial charge < -0.3 is 9.47 Å². The van der Waals surface area contributed by atoms with Gasteiger partial charge in [-0.1, -0.05) is 11.8 Å². The molecule has 0 N–H and O–H groups in total. The lowest BCUT2D eigenvalue weighted by Crippen LogP contribution is -2.20. The highest BCUT2D eigenvalue weighted by Crippen LogP contribution is 2.06. The number of ether oxygens (including phenoxy) is 2. The molecule has 0 bridgehead atoms. The lowest BCUT2D eigenvalue weighted by atomic mass is 10.2. The lowest BCUT2D eigenvalue weighted by Gasteiger charge is -2.17. The average Bonchev–Trinajstić information content (AvgIpc) is 1.92. The van der Waals surface area contributed by atoms with Crippen LogP contribution in [-0.4, -0.2) is 24.4 Å². The molecule has 14 heavy (non-hydrogen) atoms. The van der Waals surface area contributed by atoms with E-state index in [1.54, 1.807) is 0 Å². The second kappa shape index (κ2) is 5.38. The summed E-state index contributed by atoms with van der Waals surface area (Å²) in [4.78, 5) is 0. The second-order valence-electron chi connectivity index (χ2n) is 5.16. The molecule has 2 heteroatoms. The molecule has 0 aliphatic rings. The van der Waals surface area contributed by atoms with E-state index in [1.165, 1.54) is 0 Å². The van der Waals surface area contributed by atoms with Crippen LogP contribution in [-0.2, 0) is 9.47 Å². The quantitative estimate of drug-likeness (QED) is 0.635. The van der Waals surface area contributed by atoms with Gasteiger partial charge in [-0.25, -0.2) is 0 Å². The predicted molar refractivity (Wildman–Crippen MR) is 59.2 cm³/mol. The Morgan fingerprint density at radius 3 is 1.21 bits per heavy atom. The summed E-state index contributed by atoms with van der Waals surface area (Å²) in [6, 6.07) is 0. The maximum absolute atomic E-state index is 5.43. The normalized spacial score (nSPS) is 12.1. The third-order valence-electron chi connectivity index (χ3n) is 1.28. The molecule has 0 aliphatic heterocycles. The van der Waals surface area contributed by atoms with E-state index in [1.807, 2.05) is 41.5 Å². The van der Waals surface area contributed by atoms with Crippen LogP contribution in [0.25, 0.3) is 0 Å². The van der Waals surface area contributed by atoms with Crippen molar-refractivity contribution in [1.29, 1.82) is 0 Å². The van der Waals surface area contributed by atoms with Crippen molar-refractivity contribution in [3.63, 3.8) is 0 Å². The van der Waals surface area contributed by atoms with Gasteiger partial charge in [-0.15, -0.1) is 0 Å². The van der Waals surface area contributed by atoms with Crippen molar-refractivity contribution in [3.05, 3.63) is 0 Å². The highest BCUT2D eigenvalue weighted by atomic mass is 16.5. The number of hydrogen-bond acceptors (Lipinski definition) is 2. The Morgan fingerprint density at radius 2 is 1.00 bits per heavy atom. The van der Waals surface area contributed by atoms with Gasteiger partial charge in [0.2, 0.25) is 0 Å². The summed E-state index contributed by atoms with van der Waals surface area (Å²) in [5.74, 6) is 5.83. The van der Waals surface area contributed by atoms with Crippen LogP contribution >= 0.6 is 0 Å². The lowest BCUT2D eigenvalue weighted by molar-refractivity contribution is 0.0142. The predicted octanol–water partition coefficient (Wildman–Crippen LogP) is 2.62. The first-order valence-electron chi connectivity index (χ1n) is 4.94. The molecule has 0 aromatic heterocycles. The second-order valence-corrected chi connectivity index (χ2v) is 5.16. The van der Waals surface area contributed by atoms with Gasteiger partial charge in [-0.2, -0.15) is 0 Å². The molecule has 0 amide bonds. The molecular formula is C12H22O2. The molecule has 0 saturated heterocycles. The van der Waals surface area contributed by atoms with E-state index in [2.05, 4.69) is 11.8 Å².